The molecule has 0 fully saturated rings. The molecule has 0 aliphatic heterocycles. The molecule has 0 aliphatic rings. The largest absolute Gasteiger partial charge is 0.245 e. The minimum absolute atomic E-state index is 0.690. The molecule has 0 saturated carbocycles. The van der Waals surface area contributed by atoms with Gasteiger partial charge in [0.2, 0.25) is 0 Å². The summed E-state index contributed by atoms with van der Waals surface area (Å²) in [6.07, 6.45) is 0. The highest BCUT2D eigenvalue weighted by Crippen LogP contribution is 2.37. The van der Waals surface area contributed by atoms with E-state index in [1.54, 1.807) is 0 Å². The minimum atomic E-state index is 0.690. The molecule has 224 valence electrons. The van der Waals surface area contributed by atoms with Crippen LogP contribution in [0.25, 0.3) is 89.0 Å². The second kappa shape index (κ2) is 11.7. The van der Waals surface area contributed by atoms with Crippen molar-refractivity contribution in [2.24, 2.45) is 0 Å². The molecule has 0 saturated heterocycles. The SMILES string of the molecule is c1ccc(-c2ccc3ccc4c(-c5cccc(-c6nc(-c7ccccc7)c7ccccc7n6)c5)cc(-c5ccccc5)nc4c3n2)cc1. The summed E-state index contributed by atoms with van der Waals surface area (Å²) in [5, 5.41) is 3.13. The number of aromatic nitrogens is 4. The molecule has 0 spiro atoms. The second-order valence-corrected chi connectivity index (χ2v) is 11.9. The van der Waals surface area contributed by atoms with Crippen molar-refractivity contribution in [3.63, 3.8) is 0 Å². The lowest BCUT2D eigenvalue weighted by molar-refractivity contribution is 1.23. The quantitative estimate of drug-likeness (QED) is 0.181. The van der Waals surface area contributed by atoms with Crippen LogP contribution in [0, 0.1) is 0 Å². The third kappa shape index (κ3) is 4.97. The zero-order chi connectivity index (χ0) is 31.9. The molecule has 0 N–H and O–H groups in total. The summed E-state index contributed by atoms with van der Waals surface area (Å²) in [6.45, 7) is 0. The fraction of sp³-hybridized carbons (Fsp3) is 0. The monoisotopic (exact) mass is 612 g/mol. The van der Waals surface area contributed by atoms with Crippen molar-refractivity contribution in [3.8, 4) is 56.3 Å². The number of fused-ring (bicyclic) bond motifs is 4. The van der Waals surface area contributed by atoms with Gasteiger partial charge in [-0.1, -0.05) is 146 Å². The Morgan fingerprint density at radius 3 is 1.71 bits per heavy atom. The van der Waals surface area contributed by atoms with Crippen LogP contribution in [0.5, 0.6) is 0 Å². The molecule has 0 bridgehead atoms. The molecule has 4 nitrogen and oxygen atoms in total. The van der Waals surface area contributed by atoms with E-state index in [4.69, 9.17) is 19.9 Å². The molecule has 0 aliphatic carbocycles. The fourth-order valence-corrected chi connectivity index (χ4v) is 6.48. The molecular formula is C44H28N4. The lowest BCUT2D eigenvalue weighted by Gasteiger charge is -2.14. The second-order valence-electron chi connectivity index (χ2n) is 11.9. The van der Waals surface area contributed by atoms with E-state index in [1.807, 2.05) is 54.6 Å². The van der Waals surface area contributed by atoms with Crippen LogP contribution in [0.4, 0.5) is 0 Å². The highest BCUT2D eigenvalue weighted by atomic mass is 14.9. The van der Waals surface area contributed by atoms with Gasteiger partial charge < -0.3 is 0 Å². The summed E-state index contributed by atoms with van der Waals surface area (Å²) in [6, 6.07) is 58.5. The Labute approximate surface area is 278 Å². The first-order valence-corrected chi connectivity index (χ1v) is 16.1. The van der Waals surface area contributed by atoms with Crippen molar-refractivity contribution in [1.29, 1.82) is 0 Å². The standard InChI is InChI=1S/C44H28N4/c1-4-13-29(14-5-1)38-26-24-32-23-25-35-37(28-40(30-15-6-2-7-16-30)46-43(35)42(32)45-38)33-19-12-20-34(27-33)44-47-39-22-11-10-21-36(39)41(48-44)31-17-8-3-9-18-31/h1-28H. The first kappa shape index (κ1) is 27.8. The molecule has 3 aromatic heterocycles. The number of para-hydroxylation sites is 1. The summed E-state index contributed by atoms with van der Waals surface area (Å²) in [7, 11) is 0. The predicted octanol–water partition coefficient (Wildman–Crippen LogP) is 11.1. The first-order chi connectivity index (χ1) is 23.8. The number of rotatable bonds is 5. The zero-order valence-electron chi connectivity index (χ0n) is 26.0. The molecule has 9 aromatic rings. The van der Waals surface area contributed by atoms with E-state index in [0.717, 1.165) is 83.2 Å². The van der Waals surface area contributed by atoms with Crippen LogP contribution in [0.1, 0.15) is 0 Å². The topological polar surface area (TPSA) is 51.6 Å². The van der Waals surface area contributed by atoms with E-state index in [-0.39, 0.29) is 0 Å². The van der Waals surface area contributed by atoms with Gasteiger partial charge >= 0.3 is 0 Å². The van der Waals surface area contributed by atoms with E-state index >= 15 is 0 Å². The molecule has 48 heavy (non-hydrogen) atoms. The summed E-state index contributed by atoms with van der Waals surface area (Å²) in [4.78, 5) is 20.7. The molecule has 0 unspecified atom stereocenters. The Morgan fingerprint density at radius 2 is 0.938 bits per heavy atom. The van der Waals surface area contributed by atoms with Gasteiger partial charge in [-0.15, -0.1) is 0 Å². The van der Waals surface area contributed by atoms with Gasteiger partial charge in [-0.2, -0.15) is 0 Å². The highest BCUT2D eigenvalue weighted by Gasteiger charge is 2.16. The molecule has 4 heteroatoms. The summed E-state index contributed by atoms with van der Waals surface area (Å²) >= 11 is 0. The summed E-state index contributed by atoms with van der Waals surface area (Å²) in [5.74, 6) is 0.690. The first-order valence-electron chi connectivity index (χ1n) is 16.1. The molecule has 0 radical (unpaired) electrons. The number of pyridine rings is 2. The van der Waals surface area contributed by atoms with Crippen LogP contribution in [-0.4, -0.2) is 19.9 Å². The molecule has 6 aromatic carbocycles. The highest BCUT2D eigenvalue weighted by molar-refractivity contribution is 6.10. The normalized spacial score (nSPS) is 11.3. The van der Waals surface area contributed by atoms with Gasteiger partial charge in [0.05, 0.1) is 33.6 Å². The summed E-state index contributed by atoms with van der Waals surface area (Å²) < 4.78 is 0. The third-order valence-electron chi connectivity index (χ3n) is 8.86. The summed E-state index contributed by atoms with van der Waals surface area (Å²) in [5.41, 5.74) is 11.7. The number of benzene rings is 6. The van der Waals surface area contributed by atoms with E-state index in [9.17, 15) is 0 Å². The smallest absolute Gasteiger partial charge is 0.160 e. The lowest BCUT2D eigenvalue weighted by atomic mass is 9.95. The molecular weight excluding hydrogens is 585 g/mol. The van der Waals surface area contributed by atoms with Crippen LogP contribution < -0.4 is 0 Å². The van der Waals surface area contributed by atoms with Gasteiger partial charge in [-0.05, 0) is 35.4 Å². The maximum absolute atomic E-state index is 5.27. The van der Waals surface area contributed by atoms with Crippen molar-refractivity contribution < 1.29 is 0 Å². The average Bonchev–Trinajstić information content (AvgIpc) is 3.18. The Kier molecular flexibility index (Phi) is 6.76. The third-order valence-corrected chi connectivity index (χ3v) is 8.86. The van der Waals surface area contributed by atoms with Crippen LogP contribution >= 0.6 is 0 Å². The van der Waals surface area contributed by atoms with Crippen molar-refractivity contribution in [2.45, 2.75) is 0 Å². The lowest BCUT2D eigenvalue weighted by Crippen LogP contribution is -1.96. The number of nitrogens with zero attached hydrogens (tertiary/aromatic N) is 4. The van der Waals surface area contributed by atoms with E-state index in [0.29, 0.717) is 5.82 Å². The van der Waals surface area contributed by atoms with E-state index in [2.05, 4.69) is 115 Å². The maximum atomic E-state index is 5.27. The van der Waals surface area contributed by atoms with Gasteiger partial charge in [0.25, 0.3) is 0 Å². The molecule has 3 heterocycles. The Morgan fingerprint density at radius 1 is 0.333 bits per heavy atom. The van der Waals surface area contributed by atoms with Crippen molar-refractivity contribution in [1.82, 2.24) is 19.9 Å². The molecule has 0 amide bonds. The van der Waals surface area contributed by atoms with E-state index in [1.165, 1.54) is 0 Å². The Balaban J connectivity index is 1.27. The number of hydrogen-bond donors (Lipinski definition) is 0. The molecule has 0 atom stereocenters. The minimum Gasteiger partial charge on any atom is -0.245 e. The van der Waals surface area contributed by atoms with Crippen LogP contribution in [0.3, 0.4) is 0 Å². The van der Waals surface area contributed by atoms with Gasteiger partial charge in [0.15, 0.2) is 5.82 Å². The van der Waals surface area contributed by atoms with E-state index < -0.39 is 0 Å². The Hall–Kier alpha value is -6.52. The average molecular weight is 613 g/mol. The van der Waals surface area contributed by atoms with Crippen molar-refractivity contribution in [2.75, 3.05) is 0 Å². The van der Waals surface area contributed by atoms with Crippen LogP contribution in [0.2, 0.25) is 0 Å². The van der Waals surface area contributed by atoms with Gasteiger partial charge in [-0.25, -0.2) is 19.9 Å². The molecule has 9 rings (SSSR count). The van der Waals surface area contributed by atoms with Crippen LogP contribution in [0.15, 0.2) is 170 Å². The van der Waals surface area contributed by atoms with Crippen molar-refractivity contribution >= 4 is 32.7 Å². The van der Waals surface area contributed by atoms with Gasteiger partial charge in [0, 0.05) is 38.4 Å². The Bertz CT molecular complexity index is 2600. The zero-order valence-corrected chi connectivity index (χ0v) is 26.0. The van der Waals surface area contributed by atoms with Gasteiger partial charge in [0.1, 0.15) is 0 Å². The van der Waals surface area contributed by atoms with Crippen LogP contribution in [-0.2, 0) is 0 Å². The fourth-order valence-electron chi connectivity index (χ4n) is 6.48. The van der Waals surface area contributed by atoms with Gasteiger partial charge in [-0.3, -0.25) is 0 Å². The predicted molar refractivity (Wildman–Crippen MR) is 197 cm³/mol. The maximum Gasteiger partial charge on any atom is 0.160 e. The number of hydrogen-bond acceptors (Lipinski definition) is 4. The van der Waals surface area contributed by atoms with Crippen molar-refractivity contribution in [3.05, 3.63) is 170 Å².